The van der Waals surface area contributed by atoms with Crippen molar-refractivity contribution in [3.8, 4) is 5.75 Å². The van der Waals surface area contributed by atoms with E-state index in [4.69, 9.17) is 4.74 Å². The number of ether oxygens (including phenoxy) is 1. The van der Waals surface area contributed by atoms with Crippen molar-refractivity contribution in [3.05, 3.63) is 28.2 Å². The number of anilines is 1. The van der Waals surface area contributed by atoms with Crippen molar-refractivity contribution >= 4 is 50.1 Å². The lowest BCUT2D eigenvalue weighted by atomic mass is 9.87. The molecule has 0 saturated carbocycles. The first kappa shape index (κ1) is 20.2. The Morgan fingerprint density at radius 3 is 2.76 bits per heavy atom. The molecule has 0 spiro atoms. The second kappa shape index (κ2) is 9.00. The minimum absolute atomic E-state index is 0.0593. The third kappa shape index (κ3) is 6.27. The number of aromatic nitrogens is 2. The molecule has 8 heteroatoms. The van der Waals surface area contributed by atoms with Gasteiger partial charge in [-0.25, -0.2) is 0 Å². The van der Waals surface area contributed by atoms with Crippen LogP contribution in [-0.4, -0.2) is 28.5 Å². The van der Waals surface area contributed by atoms with Crippen molar-refractivity contribution < 1.29 is 9.53 Å². The van der Waals surface area contributed by atoms with Crippen molar-refractivity contribution in [1.82, 2.24) is 10.2 Å². The molecule has 5 nitrogen and oxygen atoms in total. The van der Waals surface area contributed by atoms with Gasteiger partial charge in [-0.1, -0.05) is 56.9 Å². The van der Waals surface area contributed by atoms with E-state index in [1.807, 2.05) is 18.2 Å². The molecule has 1 N–H and O–H groups in total. The Hall–Kier alpha value is -1.12. The molecule has 0 bridgehead atoms. The van der Waals surface area contributed by atoms with Gasteiger partial charge in [-0.2, -0.15) is 0 Å². The van der Waals surface area contributed by atoms with Crippen molar-refractivity contribution in [2.24, 2.45) is 0 Å². The predicted octanol–water partition coefficient (Wildman–Crippen LogP) is 5.12. The molecule has 2 aromatic rings. The number of hydrogen-bond donors (Lipinski definition) is 1. The van der Waals surface area contributed by atoms with Gasteiger partial charge in [0.2, 0.25) is 5.13 Å². The number of carbonyl (C=O) groups is 1. The lowest BCUT2D eigenvalue weighted by Crippen LogP contribution is -2.20. The standard InChI is InChI=1S/C17H22BrN3O2S2/c1-5-8-24-16-21-20-15(25-16)19-14(22)10-23-13-7-6-11(9-12(13)18)17(2,3)4/h6-7,9H,5,8,10H2,1-4H3,(H,19,20,22). The Balaban J connectivity index is 1.88. The molecule has 0 saturated heterocycles. The van der Waals surface area contributed by atoms with Gasteiger partial charge >= 0.3 is 0 Å². The van der Waals surface area contributed by atoms with E-state index in [0.717, 1.165) is 21.0 Å². The topological polar surface area (TPSA) is 64.1 Å². The number of nitrogens with zero attached hydrogens (tertiary/aromatic N) is 2. The lowest BCUT2D eigenvalue weighted by Gasteiger charge is -2.20. The van der Waals surface area contributed by atoms with Crippen LogP contribution in [0.3, 0.4) is 0 Å². The first-order valence-corrected chi connectivity index (χ1v) is 10.6. The molecule has 0 atom stereocenters. The molecule has 1 aromatic heterocycles. The van der Waals surface area contributed by atoms with Gasteiger partial charge in [0.25, 0.3) is 5.91 Å². The Kier molecular flexibility index (Phi) is 7.27. The minimum atomic E-state index is -0.255. The van der Waals surface area contributed by atoms with Crippen LogP contribution in [0.2, 0.25) is 0 Å². The highest BCUT2D eigenvalue weighted by atomic mass is 79.9. The van der Waals surface area contributed by atoms with Crippen LogP contribution in [0.4, 0.5) is 5.13 Å². The zero-order chi connectivity index (χ0) is 18.4. The fourth-order valence-corrected chi connectivity index (χ4v) is 4.08. The number of benzene rings is 1. The maximum Gasteiger partial charge on any atom is 0.264 e. The summed E-state index contributed by atoms with van der Waals surface area (Å²) in [5.41, 5.74) is 1.26. The summed E-state index contributed by atoms with van der Waals surface area (Å²) in [5.74, 6) is 1.37. The van der Waals surface area contributed by atoms with E-state index >= 15 is 0 Å². The summed E-state index contributed by atoms with van der Waals surface area (Å²) < 4.78 is 7.30. The second-order valence-corrected chi connectivity index (χ2v) is 9.63. The number of halogens is 1. The Morgan fingerprint density at radius 2 is 2.12 bits per heavy atom. The predicted molar refractivity (Wildman–Crippen MR) is 108 cm³/mol. The average molecular weight is 444 g/mol. The highest BCUT2D eigenvalue weighted by molar-refractivity contribution is 9.10. The van der Waals surface area contributed by atoms with E-state index in [9.17, 15) is 4.79 Å². The zero-order valence-electron chi connectivity index (χ0n) is 14.8. The quantitative estimate of drug-likeness (QED) is 0.475. The molecule has 1 heterocycles. The van der Waals surface area contributed by atoms with Crippen LogP contribution >= 0.6 is 39.0 Å². The van der Waals surface area contributed by atoms with Gasteiger partial charge in [0.1, 0.15) is 5.75 Å². The van der Waals surface area contributed by atoms with Gasteiger partial charge in [-0.05, 0) is 45.5 Å². The van der Waals surface area contributed by atoms with Crippen molar-refractivity contribution in [1.29, 1.82) is 0 Å². The zero-order valence-corrected chi connectivity index (χ0v) is 18.0. The van der Waals surface area contributed by atoms with E-state index < -0.39 is 0 Å². The monoisotopic (exact) mass is 443 g/mol. The smallest absolute Gasteiger partial charge is 0.264 e. The second-order valence-electron chi connectivity index (χ2n) is 6.45. The molecule has 0 fully saturated rings. The number of rotatable bonds is 7. The first-order chi connectivity index (χ1) is 11.8. The van der Waals surface area contributed by atoms with Gasteiger partial charge < -0.3 is 4.74 Å². The normalized spacial score (nSPS) is 11.4. The SMILES string of the molecule is CCCSc1nnc(NC(=O)COc2ccc(C(C)(C)C)cc2Br)s1. The molecule has 0 aliphatic carbocycles. The fraction of sp³-hybridized carbons (Fsp3) is 0.471. The fourth-order valence-electron chi connectivity index (χ4n) is 1.89. The van der Waals surface area contributed by atoms with Crippen molar-refractivity contribution in [2.75, 3.05) is 17.7 Å². The molecule has 1 amide bonds. The van der Waals surface area contributed by atoms with E-state index in [1.54, 1.807) is 11.8 Å². The number of hydrogen-bond acceptors (Lipinski definition) is 6. The molecular weight excluding hydrogens is 422 g/mol. The van der Waals surface area contributed by atoms with E-state index in [0.29, 0.717) is 10.9 Å². The van der Waals surface area contributed by atoms with Gasteiger partial charge in [0.15, 0.2) is 10.9 Å². The molecule has 0 aliphatic rings. The minimum Gasteiger partial charge on any atom is -0.483 e. The van der Waals surface area contributed by atoms with Crippen LogP contribution in [0.5, 0.6) is 5.75 Å². The largest absolute Gasteiger partial charge is 0.483 e. The summed E-state index contributed by atoms with van der Waals surface area (Å²) in [7, 11) is 0. The van der Waals surface area contributed by atoms with Crippen LogP contribution in [0.15, 0.2) is 27.0 Å². The summed E-state index contributed by atoms with van der Waals surface area (Å²) >= 11 is 6.52. The number of carbonyl (C=O) groups excluding carboxylic acids is 1. The Bertz CT molecular complexity index is 729. The molecule has 0 radical (unpaired) electrons. The van der Waals surface area contributed by atoms with E-state index in [1.165, 1.54) is 16.9 Å². The van der Waals surface area contributed by atoms with Gasteiger partial charge in [0.05, 0.1) is 4.47 Å². The molecule has 25 heavy (non-hydrogen) atoms. The van der Waals surface area contributed by atoms with Crippen LogP contribution < -0.4 is 10.1 Å². The van der Waals surface area contributed by atoms with Crippen LogP contribution in [0.1, 0.15) is 39.7 Å². The Labute approximate surface area is 165 Å². The van der Waals surface area contributed by atoms with Gasteiger partial charge in [-0.3, -0.25) is 10.1 Å². The maximum atomic E-state index is 12.0. The number of nitrogens with one attached hydrogen (secondary N) is 1. The number of amides is 1. The first-order valence-electron chi connectivity index (χ1n) is 7.98. The molecular formula is C17H22BrN3O2S2. The summed E-state index contributed by atoms with van der Waals surface area (Å²) in [6.07, 6.45) is 1.07. The van der Waals surface area contributed by atoms with Crippen LogP contribution in [-0.2, 0) is 10.2 Å². The third-order valence-corrected chi connectivity index (χ3v) is 6.04. The molecule has 2 rings (SSSR count). The molecule has 0 aliphatic heterocycles. The number of thioether (sulfide) groups is 1. The van der Waals surface area contributed by atoms with Crippen molar-refractivity contribution in [3.63, 3.8) is 0 Å². The molecule has 136 valence electrons. The van der Waals surface area contributed by atoms with E-state index in [-0.39, 0.29) is 17.9 Å². The average Bonchev–Trinajstić information content (AvgIpc) is 2.98. The maximum absolute atomic E-state index is 12.0. The van der Waals surface area contributed by atoms with Gasteiger partial charge in [-0.15, -0.1) is 10.2 Å². The summed E-state index contributed by atoms with van der Waals surface area (Å²) in [4.78, 5) is 12.0. The third-order valence-electron chi connectivity index (χ3n) is 3.24. The summed E-state index contributed by atoms with van der Waals surface area (Å²) in [5, 5.41) is 11.2. The summed E-state index contributed by atoms with van der Waals surface area (Å²) in [6, 6.07) is 5.91. The van der Waals surface area contributed by atoms with Crippen molar-refractivity contribution in [2.45, 2.75) is 43.9 Å². The van der Waals surface area contributed by atoms with Gasteiger partial charge in [0, 0.05) is 5.75 Å². The highest BCUT2D eigenvalue weighted by Crippen LogP contribution is 2.31. The highest BCUT2D eigenvalue weighted by Gasteiger charge is 2.16. The molecule has 1 aromatic carbocycles. The van der Waals surface area contributed by atoms with Crippen LogP contribution in [0.25, 0.3) is 0 Å². The Morgan fingerprint density at radius 1 is 1.36 bits per heavy atom. The van der Waals surface area contributed by atoms with Crippen LogP contribution in [0, 0.1) is 0 Å². The summed E-state index contributed by atoms with van der Waals surface area (Å²) in [6.45, 7) is 8.48. The van der Waals surface area contributed by atoms with E-state index in [2.05, 4.69) is 59.1 Å². The lowest BCUT2D eigenvalue weighted by molar-refractivity contribution is -0.118. The molecule has 0 unspecified atom stereocenters.